The number of aliphatic hydroxyl groups excluding tert-OH is 1. The molecular weight excluding hydrogens is 224 g/mol. The molecule has 0 saturated carbocycles. The predicted molar refractivity (Wildman–Crippen MR) is 73.2 cm³/mol. The molecule has 1 aliphatic carbocycles. The third-order valence-electron chi connectivity index (χ3n) is 4.30. The second-order valence-corrected chi connectivity index (χ2v) is 5.05. The Bertz CT molecular complexity index is 502. The fraction of sp³-hybridized carbons (Fsp3) is 0.438. The normalized spacial score (nSPS) is 29.1. The van der Waals surface area contributed by atoms with Gasteiger partial charge >= 0.3 is 0 Å². The highest BCUT2D eigenvalue weighted by molar-refractivity contribution is 5.89. The predicted octanol–water partition coefficient (Wildman–Crippen LogP) is 2.99. The molecule has 2 rings (SSSR count). The Morgan fingerprint density at radius 2 is 2.17 bits per heavy atom. The number of rotatable bonds is 2. The van der Waals surface area contributed by atoms with Gasteiger partial charge in [0, 0.05) is 0 Å². The first kappa shape index (κ1) is 13.0. The van der Waals surface area contributed by atoms with Crippen LogP contribution in [0.1, 0.15) is 38.3 Å². The summed E-state index contributed by atoms with van der Waals surface area (Å²) in [6, 6.07) is 8.04. The maximum absolute atomic E-state index is 12.0. The van der Waals surface area contributed by atoms with Crippen LogP contribution in [0.3, 0.4) is 0 Å². The van der Waals surface area contributed by atoms with Crippen molar-refractivity contribution in [3.63, 3.8) is 0 Å². The molecule has 0 aliphatic heterocycles. The van der Waals surface area contributed by atoms with E-state index in [1.54, 1.807) is 6.92 Å². The van der Waals surface area contributed by atoms with E-state index in [4.69, 9.17) is 0 Å². The molecule has 18 heavy (non-hydrogen) atoms. The summed E-state index contributed by atoms with van der Waals surface area (Å²) in [5.74, 6) is 0.0753. The van der Waals surface area contributed by atoms with Crippen molar-refractivity contribution >= 4 is 11.4 Å². The van der Waals surface area contributed by atoms with Crippen molar-refractivity contribution in [3.05, 3.63) is 41.5 Å². The molecule has 2 heteroatoms. The summed E-state index contributed by atoms with van der Waals surface area (Å²) >= 11 is 0. The molecular formula is C16H20O2. The van der Waals surface area contributed by atoms with Crippen molar-refractivity contribution in [2.45, 2.75) is 39.7 Å². The van der Waals surface area contributed by atoms with Crippen LogP contribution in [0.5, 0.6) is 0 Å². The van der Waals surface area contributed by atoms with E-state index >= 15 is 0 Å². The van der Waals surface area contributed by atoms with Crippen LogP contribution in [-0.4, -0.2) is 17.0 Å². The van der Waals surface area contributed by atoms with Gasteiger partial charge in [-0.05, 0) is 43.4 Å². The fourth-order valence-electron chi connectivity index (χ4n) is 3.04. The number of benzene rings is 1. The van der Waals surface area contributed by atoms with Crippen LogP contribution >= 0.6 is 0 Å². The number of allylic oxidation sites excluding steroid dienone is 1. The van der Waals surface area contributed by atoms with E-state index in [0.29, 0.717) is 12.8 Å². The molecule has 0 heterocycles. The van der Waals surface area contributed by atoms with Gasteiger partial charge in [-0.25, -0.2) is 0 Å². The zero-order valence-corrected chi connectivity index (χ0v) is 11.2. The van der Waals surface area contributed by atoms with Crippen LogP contribution in [-0.2, 0) is 11.2 Å². The molecule has 0 fully saturated rings. The second-order valence-electron chi connectivity index (χ2n) is 5.05. The molecule has 0 amide bonds. The van der Waals surface area contributed by atoms with Gasteiger partial charge in [0.15, 0.2) is 0 Å². The van der Waals surface area contributed by atoms with Gasteiger partial charge in [0.25, 0.3) is 0 Å². The lowest BCUT2D eigenvalue weighted by Gasteiger charge is -2.41. The van der Waals surface area contributed by atoms with E-state index in [9.17, 15) is 9.90 Å². The lowest BCUT2D eigenvalue weighted by atomic mass is 9.64. The van der Waals surface area contributed by atoms with Crippen molar-refractivity contribution in [2.24, 2.45) is 5.41 Å². The summed E-state index contributed by atoms with van der Waals surface area (Å²) in [6.45, 7) is 5.49. The summed E-state index contributed by atoms with van der Waals surface area (Å²) in [5, 5.41) is 10.6. The SMILES string of the molecule is CC=C1c2ccccc2CC(CC)(C(C)=O)C1O. The van der Waals surface area contributed by atoms with Gasteiger partial charge in [0.1, 0.15) is 5.78 Å². The molecule has 1 aromatic rings. The second kappa shape index (κ2) is 4.69. The van der Waals surface area contributed by atoms with Crippen LogP contribution in [0.25, 0.3) is 5.57 Å². The van der Waals surface area contributed by atoms with Crippen LogP contribution in [0, 0.1) is 5.41 Å². The topological polar surface area (TPSA) is 37.3 Å². The van der Waals surface area contributed by atoms with Crippen LogP contribution in [0.2, 0.25) is 0 Å². The van der Waals surface area contributed by atoms with Gasteiger partial charge in [-0.3, -0.25) is 4.79 Å². The first-order valence-corrected chi connectivity index (χ1v) is 6.50. The Balaban J connectivity index is 2.63. The molecule has 0 saturated heterocycles. The number of ketones is 1. The van der Waals surface area contributed by atoms with Crippen molar-refractivity contribution in [3.8, 4) is 0 Å². The number of fused-ring (bicyclic) bond motifs is 1. The molecule has 0 bridgehead atoms. The summed E-state index contributed by atoms with van der Waals surface area (Å²) < 4.78 is 0. The third-order valence-corrected chi connectivity index (χ3v) is 4.30. The van der Waals surface area contributed by atoms with Crippen LogP contribution in [0.4, 0.5) is 0 Å². The Kier molecular flexibility index (Phi) is 3.40. The van der Waals surface area contributed by atoms with E-state index < -0.39 is 11.5 Å². The minimum atomic E-state index is -0.695. The lowest BCUT2D eigenvalue weighted by molar-refractivity contribution is -0.131. The summed E-state index contributed by atoms with van der Waals surface area (Å²) in [6.07, 6.45) is 2.53. The van der Waals surface area contributed by atoms with Gasteiger partial charge in [-0.1, -0.05) is 37.3 Å². The first-order valence-electron chi connectivity index (χ1n) is 6.50. The molecule has 0 aromatic heterocycles. The Labute approximate surface area is 108 Å². The van der Waals surface area contributed by atoms with Gasteiger partial charge in [-0.2, -0.15) is 0 Å². The molecule has 96 valence electrons. The number of hydrogen-bond acceptors (Lipinski definition) is 2. The molecule has 2 atom stereocenters. The van der Waals surface area contributed by atoms with E-state index in [0.717, 1.165) is 16.7 Å². The van der Waals surface area contributed by atoms with E-state index in [-0.39, 0.29) is 5.78 Å². The van der Waals surface area contributed by atoms with Gasteiger partial charge in [0.2, 0.25) is 0 Å². The lowest BCUT2D eigenvalue weighted by Crippen LogP contribution is -2.46. The Morgan fingerprint density at radius 3 is 2.72 bits per heavy atom. The number of hydrogen-bond donors (Lipinski definition) is 1. The van der Waals surface area contributed by atoms with Gasteiger partial charge in [-0.15, -0.1) is 0 Å². The molecule has 2 unspecified atom stereocenters. The molecule has 0 spiro atoms. The quantitative estimate of drug-likeness (QED) is 0.868. The molecule has 2 nitrogen and oxygen atoms in total. The molecule has 0 radical (unpaired) electrons. The number of Topliss-reactive ketones (excluding diaryl/α,β-unsaturated/α-hetero) is 1. The zero-order chi connectivity index (χ0) is 13.3. The van der Waals surface area contributed by atoms with Crippen molar-refractivity contribution < 1.29 is 9.90 Å². The maximum Gasteiger partial charge on any atom is 0.139 e. The average Bonchev–Trinajstić information content (AvgIpc) is 2.37. The van der Waals surface area contributed by atoms with Crippen molar-refractivity contribution in [1.82, 2.24) is 0 Å². The van der Waals surface area contributed by atoms with Gasteiger partial charge < -0.3 is 5.11 Å². The molecule has 1 aromatic carbocycles. The smallest absolute Gasteiger partial charge is 0.139 e. The summed E-state index contributed by atoms with van der Waals surface area (Å²) in [5.41, 5.74) is 2.47. The highest BCUT2D eigenvalue weighted by atomic mass is 16.3. The minimum Gasteiger partial charge on any atom is -0.387 e. The molecule has 1 aliphatic rings. The number of carbonyl (C=O) groups is 1. The van der Waals surface area contributed by atoms with E-state index in [1.807, 2.05) is 38.1 Å². The largest absolute Gasteiger partial charge is 0.387 e. The monoisotopic (exact) mass is 244 g/mol. The van der Waals surface area contributed by atoms with Gasteiger partial charge in [0.05, 0.1) is 11.5 Å². The summed E-state index contributed by atoms with van der Waals surface area (Å²) in [7, 11) is 0. The van der Waals surface area contributed by atoms with E-state index in [2.05, 4.69) is 6.07 Å². The van der Waals surface area contributed by atoms with E-state index in [1.165, 1.54) is 0 Å². The highest BCUT2D eigenvalue weighted by Gasteiger charge is 2.46. The first-order chi connectivity index (χ1) is 8.56. The summed E-state index contributed by atoms with van der Waals surface area (Å²) in [4.78, 5) is 12.0. The standard InChI is InChI=1S/C16H20O2/c1-4-13-14-9-7-6-8-12(14)10-16(5-2,11(3)17)15(13)18/h4,6-9,15,18H,5,10H2,1-3H3. The molecule has 1 N–H and O–H groups in total. The maximum atomic E-state index is 12.0. The fourth-order valence-corrected chi connectivity index (χ4v) is 3.04. The number of carbonyl (C=O) groups excluding carboxylic acids is 1. The Morgan fingerprint density at radius 1 is 1.50 bits per heavy atom. The minimum absolute atomic E-state index is 0.0753. The Hall–Kier alpha value is -1.41. The number of aliphatic hydroxyl groups is 1. The highest BCUT2D eigenvalue weighted by Crippen LogP contribution is 2.44. The van der Waals surface area contributed by atoms with Crippen LogP contribution in [0.15, 0.2) is 30.3 Å². The average molecular weight is 244 g/mol. The zero-order valence-electron chi connectivity index (χ0n) is 11.2. The van der Waals surface area contributed by atoms with Crippen molar-refractivity contribution in [2.75, 3.05) is 0 Å². The third kappa shape index (κ3) is 1.72. The van der Waals surface area contributed by atoms with Crippen molar-refractivity contribution in [1.29, 1.82) is 0 Å². The van der Waals surface area contributed by atoms with Crippen LogP contribution < -0.4 is 0 Å².